The molecule has 0 bridgehead atoms. The molecule has 0 spiro atoms. The van der Waals surface area contributed by atoms with Crippen molar-refractivity contribution in [3.8, 4) is 11.5 Å². The molecule has 2 rings (SSSR count). The van der Waals surface area contributed by atoms with Gasteiger partial charge < -0.3 is 9.47 Å². The molecule has 0 atom stereocenters. The fourth-order valence-corrected chi connectivity index (χ4v) is 1.97. The van der Waals surface area contributed by atoms with Crippen molar-refractivity contribution in [1.29, 1.82) is 0 Å². The molecule has 104 valence electrons. The van der Waals surface area contributed by atoms with Gasteiger partial charge in [-0.25, -0.2) is 4.39 Å². The minimum absolute atomic E-state index is 0.0686. The molecule has 0 aromatic heterocycles. The Morgan fingerprint density at radius 1 is 1.05 bits per heavy atom. The van der Waals surface area contributed by atoms with E-state index in [1.807, 2.05) is 0 Å². The number of hydrogen-bond acceptors (Lipinski definition) is 3. The van der Waals surface area contributed by atoms with Crippen LogP contribution in [0.3, 0.4) is 0 Å². The molecule has 0 heterocycles. The van der Waals surface area contributed by atoms with Crippen molar-refractivity contribution in [3.63, 3.8) is 0 Å². The van der Waals surface area contributed by atoms with Crippen LogP contribution in [-0.4, -0.2) is 20.0 Å². The first kappa shape index (κ1) is 14.3. The minimum atomic E-state index is -0.674. The van der Waals surface area contributed by atoms with E-state index in [2.05, 4.69) is 0 Å². The van der Waals surface area contributed by atoms with E-state index in [1.165, 1.54) is 32.4 Å². The van der Waals surface area contributed by atoms with Gasteiger partial charge in [0.2, 0.25) is 0 Å². The van der Waals surface area contributed by atoms with Gasteiger partial charge in [0.15, 0.2) is 5.78 Å². The van der Waals surface area contributed by atoms with Crippen molar-refractivity contribution in [1.82, 2.24) is 0 Å². The van der Waals surface area contributed by atoms with E-state index in [0.717, 1.165) is 6.07 Å². The Labute approximate surface area is 120 Å². The van der Waals surface area contributed by atoms with Crippen LogP contribution in [0, 0.1) is 5.82 Å². The average Bonchev–Trinajstić information content (AvgIpc) is 2.46. The SMILES string of the molecule is COc1ccc(OC)c(C(=O)c2ccc(Cl)cc2F)c1. The minimum Gasteiger partial charge on any atom is -0.497 e. The topological polar surface area (TPSA) is 35.5 Å². The largest absolute Gasteiger partial charge is 0.497 e. The van der Waals surface area contributed by atoms with Crippen LogP contribution in [0.15, 0.2) is 36.4 Å². The van der Waals surface area contributed by atoms with Crippen molar-refractivity contribution >= 4 is 17.4 Å². The highest BCUT2D eigenvalue weighted by atomic mass is 35.5. The molecule has 0 amide bonds. The number of benzene rings is 2. The molecule has 3 nitrogen and oxygen atoms in total. The Bertz CT molecular complexity index is 656. The summed E-state index contributed by atoms with van der Waals surface area (Å²) in [5, 5.41) is 0.233. The number of halogens is 2. The van der Waals surface area contributed by atoms with Crippen molar-refractivity contribution in [2.45, 2.75) is 0 Å². The number of methoxy groups -OCH3 is 2. The number of hydrogen-bond donors (Lipinski definition) is 0. The number of ketones is 1. The lowest BCUT2D eigenvalue weighted by Gasteiger charge is -2.10. The molecule has 2 aromatic carbocycles. The molecule has 2 aromatic rings. The van der Waals surface area contributed by atoms with E-state index in [-0.39, 0.29) is 16.1 Å². The van der Waals surface area contributed by atoms with Crippen LogP contribution in [0.1, 0.15) is 15.9 Å². The van der Waals surface area contributed by atoms with Gasteiger partial charge in [-0.1, -0.05) is 11.6 Å². The normalized spacial score (nSPS) is 10.2. The molecule has 0 aliphatic rings. The van der Waals surface area contributed by atoms with Crippen molar-refractivity contribution < 1.29 is 18.7 Å². The van der Waals surface area contributed by atoms with Gasteiger partial charge in [-0.3, -0.25) is 4.79 Å². The van der Waals surface area contributed by atoms with Gasteiger partial charge in [-0.2, -0.15) is 0 Å². The lowest BCUT2D eigenvalue weighted by atomic mass is 10.0. The maximum Gasteiger partial charge on any atom is 0.199 e. The van der Waals surface area contributed by atoms with Crippen LogP contribution >= 0.6 is 11.6 Å². The molecule has 0 saturated carbocycles. The third kappa shape index (κ3) is 2.75. The fraction of sp³-hybridized carbons (Fsp3) is 0.133. The van der Waals surface area contributed by atoms with Gasteiger partial charge >= 0.3 is 0 Å². The van der Waals surface area contributed by atoms with Gasteiger partial charge in [0.1, 0.15) is 17.3 Å². The summed E-state index contributed by atoms with van der Waals surface area (Å²) >= 11 is 5.68. The second kappa shape index (κ2) is 5.92. The van der Waals surface area contributed by atoms with Crippen LogP contribution in [-0.2, 0) is 0 Å². The van der Waals surface area contributed by atoms with Gasteiger partial charge in [0.25, 0.3) is 0 Å². The molecule has 0 fully saturated rings. The van der Waals surface area contributed by atoms with Gasteiger partial charge in [-0.15, -0.1) is 0 Å². The fourth-order valence-electron chi connectivity index (χ4n) is 1.81. The highest BCUT2D eigenvalue weighted by Crippen LogP contribution is 2.27. The zero-order valence-electron chi connectivity index (χ0n) is 10.9. The van der Waals surface area contributed by atoms with Crippen LogP contribution in [0.5, 0.6) is 11.5 Å². The molecule has 5 heteroatoms. The predicted octanol–water partition coefficient (Wildman–Crippen LogP) is 3.73. The Morgan fingerprint density at radius 2 is 1.80 bits per heavy atom. The maximum absolute atomic E-state index is 13.8. The van der Waals surface area contributed by atoms with Crippen molar-refractivity contribution in [2.24, 2.45) is 0 Å². The van der Waals surface area contributed by atoms with E-state index < -0.39 is 11.6 Å². The number of rotatable bonds is 4. The molecular formula is C15H12ClFO3. The summed E-state index contributed by atoms with van der Waals surface area (Å²) in [5.41, 5.74) is 0.161. The molecular weight excluding hydrogens is 283 g/mol. The molecule has 0 saturated heterocycles. The standard InChI is InChI=1S/C15H12ClFO3/c1-19-10-4-6-14(20-2)12(8-10)15(18)11-5-3-9(16)7-13(11)17/h3-8H,1-2H3. The number of ether oxygens (including phenoxy) is 2. The van der Waals surface area contributed by atoms with E-state index in [4.69, 9.17) is 21.1 Å². The van der Waals surface area contributed by atoms with E-state index in [0.29, 0.717) is 11.5 Å². The lowest BCUT2D eigenvalue weighted by molar-refractivity contribution is 0.103. The van der Waals surface area contributed by atoms with Crippen molar-refractivity contribution in [3.05, 3.63) is 58.4 Å². The van der Waals surface area contributed by atoms with Crippen LogP contribution in [0.2, 0.25) is 5.02 Å². The van der Waals surface area contributed by atoms with Gasteiger partial charge in [0.05, 0.1) is 25.3 Å². The first-order valence-corrected chi connectivity index (χ1v) is 6.16. The van der Waals surface area contributed by atoms with Gasteiger partial charge in [0, 0.05) is 5.02 Å². The summed E-state index contributed by atoms with van der Waals surface area (Å²) in [7, 11) is 2.93. The summed E-state index contributed by atoms with van der Waals surface area (Å²) in [6.07, 6.45) is 0. The third-order valence-electron chi connectivity index (χ3n) is 2.83. The van der Waals surface area contributed by atoms with Crippen LogP contribution in [0.25, 0.3) is 0 Å². The summed E-state index contributed by atoms with van der Waals surface area (Å²) in [6, 6.07) is 8.67. The molecule has 0 N–H and O–H groups in total. The number of carbonyl (C=O) groups is 1. The van der Waals surface area contributed by atoms with E-state index >= 15 is 0 Å². The second-order valence-corrected chi connectivity index (χ2v) is 4.46. The zero-order chi connectivity index (χ0) is 14.7. The summed E-state index contributed by atoms with van der Waals surface area (Å²) in [4.78, 5) is 12.4. The summed E-state index contributed by atoms with van der Waals surface area (Å²) in [5.74, 6) is -0.323. The Morgan fingerprint density at radius 3 is 2.40 bits per heavy atom. The second-order valence-electron chi connectivity index (χ2n) is 4.02. The summed E-state index contributed by atoms with van der Waals surface area (Å²) in [6.45, 7) is 0. The van der Waals surface area contributed by atoms with E-state index in [1.54, 1.807) is 12.1 Å². The highest BCUT2D eigenvalue weighted by molar-refractivity contribution is 6.30. The maximum atomic E-state index is 13.8. The third-order valence-corrected chi connectivity index (χ3v) is 3.06. The highest BCUT2D eigenvalue weighted by Gasteiger charge is 2.19. The molecule has 0 radical (unpaired) electrons. The number of carbonyl (C=O) groups excluding carboxylic acids is 1. The smallest absolute Gasteiger partial charge is 0.199 e. The van der Waals surface area contributed by atoms with Gasteiger partial charge in [-0.05, 0) is 36.4 Å². The zero-order valence-corrected chi connectivity index (χ0v) is 11.7. The molecule has 0 unspecified atom stereocenters. The van der Waals surface area contributed by atoms with Crippen molar-refractivity contribution in [2.75, 3.05) is 14.2 Å². The molecule has 20 heavy (non-hydrogen) atoms. The van der Waals surface area contributed by atoms with Crippen LogP contribution in [0.4, 0.5) is 4.39 Å². The first-order valence-electron chi connectivity index (χ1n) is 5.78. The molecule has 0 aliphatic heterocycles. The van der Waals surface area contributed by atoms with Crippen LogP contribution < -0.4 is 9.47 Å². The lowest BCUT2D eigenvalue weighted by Crippen LogP contribution is -2.06. The quantitative estimate of drug-likeness (QED) is 0.806. The Kier molecular flexibility index (Phi) is 4.25. The molecule has 0 aliphatic carbocycles. The monoisotopic (exact) mass is 294 g/mol. The Balaban J connectivity index is 2.51. The average molecular weight is 295 g/mol. The predicted molar refractivity (Wildman–Crippen MR) is 74.4 cm³/mol. The van der Waals surface area contributed by atoms with E-state index in [9.17, 15) is 9.18 Å². The first-order chi connectivity index (χ1) is 9.56. The summed E-state index contributed by atoms with van der Waals surface area (Å²) < 4.78 is 24.0. The Hall–Kier alpha value is -2.07.